The highest BCUT2D eigenvalue weighted by Crippen LogP contribution is 2.23. The van der Waals surface area contributed by atoms with Gasteiger partial charge >= 0.3 is 0 Å². The van der Waals surface area contributed by atoms with Gasteiger partial charge in [-0.1, -0.05) is 6.07 Å². The Balaban J connectivity index is 1.88. The summed E-state index contributed by atoms with van der Waals surface area (Å²) < 4.78 is 56.0. The first kappa shape index (κ1) is 22.8. The average Bonchev–Trinajstić information content (AvgIpc) is 2.75. The Morgan fingerprint density at radius 3 is 2.74 bits per heavy atom. The molecular weight excluding hydrogens is 432 g/mol. The predicted octanol–water partition coefficient (Wildman–Crippen LogP) is 2.17. The van der Waals surface area contributed by atoms with Crippen LogP contribution >= 0.6 is 0 Å². The number of aliphatic hydroxyl groups excluding tert-OH is 1. The molecule has 0 amide bonds. The molecule has 0 aliphatic rings. The first-order valence-electron chi connectivity index (χ1n) is 9.27. The van der Waals surface area contributed by atoms with Gasteiger partial charge in [0.15, 0.2) is 5.78 Å². The van der Waals surface area contributed by atoms with E-state index in [2.05, 4.69) is 14.7 Å². The van der Waals surface area contributed by atoms with Crippen LogP contribution < -0.4 is 9.46 Å². The molecule has 164 valence electrons. The molecular formula is C20H19F2N3O5S. The van der Waals surface area contributed by atoms with E-state index in [0.29, 0.717) is 17.5 Å². The van der Waals surface area contributed by atoms with E-state index in [0.717, 1.165) is 6.07 Å². The summed E-state index contributed by atoms with van der Waals surface area (Å²) in [6.45, 7) is -0.0416. The van der Waals surface area contributed by atoms with E-state index in [1.54, 1.807) is 0 Å². The number of nitrogens with zero attached hydrogens (tertiary/aromatic N) is 2. The largest absolute Gasteiger partial charge is 0.474 e. The van der Waals surface area contributed by atoms with Gasteiger partial charge in [0.25, 0.3) is 0 Å². The van der Waals surface area contributed by atoms with Crippen LogP contribution in [0.25, 0.3) is 11.0 Å². The van der Waals surface area contributed by atoms with Gasteiger partial charge < -0.3 is 9.84 Å². The lowest BCUT2D eigenvalue weighted by molar-refractivity contribution is 0.103. The van der Waals surface area contributed by atoms with Crippen molar-refractivity contribution in [2.45, 2.75) is 12.8 Å². The summed E-state index contributed by atoms with van der Waals surface area (Å²) in [6, 6.07) is 6.53. The summed E-state index contributed by atoms with van der Waals surface area (Å²) >= 11 is -2.17. The molecule has 0 spiro atoms. The second-order valence-electron chi connectivity index (χ2n) is 6.46. The van der Waals surface area contributed by atoms with Crippen molar-refractivity contribution in [3.63, 3.8) is 0 Å². The standard InChI is InChI=1S/C20H19F2N3O5S/c21-14-5-3-12(2-1-7-24-31(28)29)19(22)18(14)20(27)13-4-6-15-16(10-13)25-17(11-23-15)30-9-8-26/h3-6,10-11,24,26H,1-2,7-9H2,(H,28,29). The van der Waals surface area contributed by atoms with Gasteiger partial charge in [0.2, 0.25) is 17.1 Å². The molecule has 8 nitrogen and oxygen atoms in total. The van der Waals surface area contributed by atoms with Gasteiger partial charge in [0, 0.05) is 12.1 Å². The van der Waals surface area contributed by atoms with E-state index in [-0.39, 0.29) is 43.2 Å². The van der Waals surface area contributed by atoms with Crippen molar-refractivity contribution in [3.8, 4) is 5.88 Å². The fourth-order valence-corrected chi connectivity index (χ4v) is 3.25. The lowest BCUT2D eigenvalue weighted by Gasteiger charge is -2.10. The smallest absolute Gasteiger partial charge is 0.232 e. The highest BCUT2D eigenvalue weighted by Gasteiger charge is 2.22. The van der Waals surface area contributed by atoms with Crippen molar-refractivity contribution in [1.82, 2.24) is 14.7 Å². The molecule has 1 atom stereocenters. The van der Waals surface area contributed by atoms with Gasteiger partial charge in [0.1, 0.15) is 18.2 Å². The van der Waals surface area contributed by atoms with E-state index < -0.39 is 34.2 Å². The molecule has 0 bridgehead atoms. The summed E-state index contributed by atoms with van der Waals surface area (Å²) in [5, 5.41) is 8.83. The van der Waals surface area contributed by atoms with Crippen LogP contribution in [0.15, 0.2) is 36.5 Å². The van der Waals surface area contributed by atoms with Gasteiger partial charge in [-0.2, -0.15) is 0 Å². The van der Waals surface area contributed by atoms with Crippen LogP contribution in [0, 0.1) is 11.6 Å². The van der Waals surface area contributed by atoms with Crippen molar-refractivity contribution in [3.05, 3.63) is 64.9 Å². The third kappa shape index (κ3) is 5.64. The molecule has 0 radical (unpaired) electrons. The van der Waals surface area contributed by atoms with Gasteiger partial charge in [-0.3, -0.25) is 9.35 Å². The molecule has 2 aromatic carbocycles. The minimum Gasteiger partial charge on any atom is -0.474 e. The van der Waals surface area contributed by atoms with E-state index in [1.807, 2.05) is 0 Å². The maximum Gasteiger partial charge on any atom is 0.232 e. The molecule has 3 N–H and O–H groups in total. The molecule has 0 saturated heterocycles. The molecule has 0 fully saturated rings. The number of benzene rings is 2. The van der Waals surface area contributed by atoms with Crippen molar-refractivity contribution < 1.29 is 32.2 Å². The first-order chi connectivity index (χ1) is 14.9. The molecule has 3 rings (SSSR count). The number of hydrogen-bond donors (Lipinski definition) is 3. The number of hydrogen-bond acceptors (Lipinski definition) is 6. The van der Waals surface area contributed by atoms with Crippen molar-refractivity contribution >= 4 is 28.1 Å². The number of rotatable bonds is 10. The lowest BCUT2D eigenvalue weighted by Crippen LogP contribution is -2.18. The minimum absolute atomic E-state index is 0.0196. The van der Waals surface area contributed by atoms with E-state index in [4.69, 9.17) is 14.4 Å². The van der Waals surface area contributed by atoms with Crippen LogP contribution in [0.4, 0.5) is 8.78 Å². The molecule has 1 unspecified atom stereocenters. The number of nitrogens with one attached hydrogen (secondary N) is 1. The zero-order valence-electron chi connectivity index (χ0n) is 16.2. The van der Waals surface area contributed by atoms with Crippen molar-refractivity contribution in [2.75, 3.05) is 19.8 Å². The van der Waals surface area contributed by atoms with Crippen molar-refractivity contribution in [1.29, 1.82) is 0 Å². The van der Waals surface area contributed by atoms with Crippen LogP contribution in [-0.4, -0.2) is 49.4 Å². The zero-order chi connectivity index (χ0) is 22.4. The molecule has 0 aliphatic carbocycles. The van der Waals surface area contributed by atoms with Crippen LogP contribution in [0.1, 0.15) is 27.9 Å². The molecule has 1 aromatic heterocycles. The number of halogens is 2. The highest BCUT2D eigenvalue weighted by atomic mass is 32.2. The monoisotopic (exact) mass is 451 g/mol. The van der Waals surface area contributed by atoms with E-state index in [9.17, 15) is 17.8 Å². The number of fused-ring (bicyclic) bond motifs is 1. The number of ketones is 1. The summed E-state index contributed by atoms with van der Waals surface area (Å²) in [5.41, 5.74) is 0.206. The third-order valence-electron chi connectivity index (χ3n) is 4.37. The Kier molecular flexibility index (Phi) is 7.69. The number of aliphatic hydroxyl groups is 1. The highest BCUT2D eigenvalue weighted by molar-refractivity contribution is 7.77. The predicted molar refractivity (Wildman–Crippen MR) is 109 cm³/mol. The topological polar surface area (TPSA) is 122 Å². The molecule has 11 heteroatoms. The molecule has 1 heterocycles. The lowest BCUT2D eigenvalue weighted by atomic mass is 9.97. The van der Waals surface area contributed by atoms with Crippen LogP contribution in [0.2, 0.25) is 0 Å². The SMILES string of the molecule is O=C(c1ccc2ncc(OCCO)nc2c1)c1c(F)ccc(CCCNS(=O)O)c1F. The second kappa shape index (κ2) is 10.4. The Morgan fingerprint density at radius 1 is 1.19 bits per heavy atom. The van der Waals surface area contributed by atoms with E-state index >= 15 is 0 Å². The minimum atomic E-state index is -2.17. The number of aromatic nitrogens is 2. The number of carbonyl (C=O) groups is 1. The number of aryl methyl sites for hydroxylation is 1. The molecule has 3 aromatic rings. The van der Waals surface area contributed by atoms with Gasteiger partial charge in [0.05, 0.1) is 29.4 Å². The summed E-state index contributed by atoms with van der Waals surface area (Å²) in [4.78, 5) is 21.2. The van der Waals surface area contributed by atoms with Gasteiger partial charge in [-0.15, -0.1) is 0 Å². The van der Waals surface area contributed by atoms with Crippen LogP contribution in [0.3, 0.4) is 0 Å². The molecule has 0 aliphatic heterocycles. The van der Waals surface area contributed by atoms with E-state index in [1.165, 1.54) is 30.5 Å². The van der Waals surface area contributed by atoms with Gasteiger partial charge in [-0.05, 0) is 42.7 Å². The summed E-state index contributed by atoms with van der Waals surface area (Å²) in [5.74, 6) is -2.67. The number of carbonyl (C=O) groups excluding carboxylic acids is 1. The maximum absolute atomic E-state index is 14.9. The van der Waals surface area contributed by atoms with Crippen LogP contribution in [-0.2, 0) is 17.7 Å². The Labute approximate surface area is 178 Å². The third-order valence-corrected chi connectivity index (χ3v) is 4.82. The molecule has 31 heavy (non-hydrogen) atoms. The van der Waals surface area contributed by atoms with Gasteiger partial charge in [-0.25, -0.2) is 27.7 Å². The maximum atomic E-state index is 14.9. The Bertz CT molecular complexity index is 1130. The van der Waals surface area contributed by atoms with Crippen LogP contribution in [0.5, 0.6) is 5.88 Å². The fraction of sp³-hybridized carbons (Fsp3) is 0.250. The zero-order valence-corrected chi connectivity index (χ0v) is 17.0. The normalized spacial score (nSPS) is 12.1. The summed E-state index contributed by atoms with van der Waals surface area (Å²) in [7, 11) is 0. The quantitative estimate of drug-likeness (QED) is 0.245. The average molecular weight is 451 g/mol. The summed E-state index contributed by atoms with van der Waals surface area (Å²) in [6.07, 6.45) is 1.82. The Morgan fingerprint density at radius 2 is 2.00 bits per heavy atom. The molecule has 0 saturated carbocycles. The van der Waals surface area contributed by atoms with Crippen molar-refractivity contribution in [2.24, 2.45) is 0 Å². The fourth-order valence-electron chi connectivity index (χ4n) is 2.94. The first-order valence-corrected chi connectivity index (χ1v) is 10.4. The Hall–Kier alpha value is -2.86. The number of ether oxygens (including phenoxy) is 1. The second-order valence-corrected chi connectivity index (χ2v) is 7.24.